The van der Waals surface area contributed by atoms with E-state index in [9.17, 15) is 25.3 Å². The second-order valence-corrected chi connectivity index (χ2v) is 6.49. The third-order valence-electron chi connectivity index (χ3n) is 4.91. The average molecular weight is 406 g/mol. The molecule has 0 saturated carbocycles. The van der Waals surface area contributed by atoms with Crippen molar-refractivity contribution in [1.29, 1.82) is 5.26 Å². The lowest BCUT2D eigenvalue weighted by Crippen LogP contribution is -2.31. The molecule has 30 heavy (non-hydrogen) atoms. The number of fused-ring (bicyclic) bond motifs is 1. The van der Waals surface area contributed by atoms with Crippen molar-refractivity contribution in [1.82, 2.24) is 9.78 Å². The van der Waals surface area contributed by atoms with E-state index in [1.54, 1.807) is 30.3 Å². The minimum absolute atomic E-state index is 0.0855. The number of hydrogen-bond donors (Lipinski definition) is 1. The first-order chi connectivity index (χ1) is 14.5. The van der Waals surface area contributed by atoms with Crippen molar-refractivity contribution in [2.24, 2.45) is 0 Å². The molecule has 1 aliphatic rings. The molecule has 3 aromatic rings. The van der Waals surface area contributed by atoms with Gasteiger partial charge in [0.1, 0.15) is 34.8 Å². The Balaban J connectivity index is 1.97. The molecule has 1 aliphatic carbocycles. The van der Waals surface area contributed by atoms with E-state index in [0.717, 1.165) is 4.68 Å². The fourth-order valence-corrected chi connectivity index (χ4v) is 3.49. The van der Waals surface area contributed by atoms with Crippen molar-refractivity contribution < 1.29 is 19.2 Å². The number of aliphatic hydroxyl groups is 1. The molecule has 2 heterocycles. The van der Waals surface area contributed by atoms with Gasteiger partial charge in [-0.2, -0.15) is 15.0 Å². The molecule has 150 valence electrons. The SMILES string of the molecule is COc1ccc(-n2nc3c(c(C#N)c2=O)CC(c2ccco2)C([N+](=O)[O-])=C3O)cc1. The van der Waals surface area contributed by atoms with E-state index in [0.29, 0.717) is 11.4 Å². The van der Waals surface area contributed by atoms with Crippen molar-refractivity contribution in [2.75, 3.05) is 7.11 Å². The molecule has 10 heteroatoms. The fraction of sp³-hybridized carbons (Fsp3) is 0.150. The molecule has 0 spiro atoms. The summed E-state index contributed by atoms with van der Waals surface area (Å²) in [5.74, 6) is -0.888. The number of furan rings is 1. The third-order valence-corrected chi connectivity index (χ3v) is 4.91. The quantitative estimate of drug-likeness (QED) is 0.514. The van der Waals surface area contributed by atoms with Crippen LogP contribution in [-0.2, 0) is 6.42 Å². The topological polar surface area (TPSA) is 144 Å². The van der Waals surface area contributed by atoms with Gasteiger partial charge in [0.15, 0.2) is 0 Å². The minimum Gasteiger partial charge on any atom is -0.501 e. The zero-order valence-electron chi connectivity index (χ0n) is 15.6. The Morgan fingerprint density at radius 3 is 2.67 bits per heavy atom. The molecule has 4 rings (SSSR count). The lowest BCUT2D eigenvalue weighted by Gasteiger charge is -2.22. The molecular weight excluding hydrogens is 392 g/mol. The fourth-order valence-electron chi connectivity index (χ4n) is 3.49. The van der Waals surface area contributed by atoms with Crippen LogP contribution in [0.15, 0.2) is 57.6 Å². The summed E-state index contributed by atoms with van der Waals surface area (Å²) in [7, 11) is 1.49. The standard InChI is InChI=1S/C20H14N4O6/c1-29-12-6-4-11(5-7-12)23-20(26)15(10-21)13-9-14(16-3-2-8-30-16)18(24(27)28)19(25)17(13)22-23/h2-8,14,25H,9H2,1H3. The van der Waals surface area contributed by atoms with E-state index in [1.165, 1.54) is 19.4 Å². The molecule has 2 aromatic heterocycles. The van der Waals surface area contributed by atoms with Crippen LogP contribution in [-0.4, -0.2) is 26.9 Å². The van der Waals surface area contributed by atoms with E-state index in [-0.39, 0.29) is 29.0 Å². The van der Waals surface area contributed by atoms with Crippen LogP contribution in [0.4, 0.5) is 0 Å². The molecule has 1 N–H and O–H groups in total. The van der Waals surface area contributed by atoms with Gasteiger partial charge in [0.25, 0.3) is 5.56 Å². The number of ether oxygens (including phenoxy) is 1. The summed E-state index contributed by atoms with van der Waals surface area (Å²) in [6.07, 6.45) is 1.27. The highest BCUT2D eigenvalue weighted by molar-refractivity contribution is 5.67. The Morgan fingerprint density at radius 2 is 2.10 bits per heavy atom. The summed E-state index contributed by atoms with van der Waals surface area (Å²) in [5.41, 5.74) is -1.19. The van der Waals surface area contributed by atoms with Gasteiger partial charge in [0, 0.05) is 5.56 Å². The number of rotatable bonds is 4. The zero-order chi connectivity index (χ0) is 21.4. The molecule has 10 nitrogen and oxygen atoms in total. The van der Waals surface area contributed by atoms with E-state index in [1.807, 2.05) is 6.07 Å². The second-order valence-electron chi connectivity index (χ2n) is 6.49. The van der Waals surface area contributed by atoms with Gasteiger partial charge in [0.2, 0.25) is 5.76 Å². The van der Waals surface area contributed by atoms with Crippen LogP contribution >= 0.6 is 0 Å². The van der Waals surface area contributed by atoms with Gasteiger partial charge < -0.3 is 14.3 Å². The number of aromatic nitrogens is 2. The Bertz CT molecular complexity index is 1270. The molecule has 0 aliphatic heterocycles. The number of allylic oxidation sites excluding steroid dienone is 1. The average Bonchev–Trinajstić information content (AvgIpc) is 3.28. The molecule has 0 amide bonds. The van der Waals surface area contributed by atoms with E-state index in [4.69, 9.17) is 9.15 Å². The number of nitriles is 1. The van der Waals surface area contributed by atoms with Crippen LogP contribution in [0.3, 0.4) is 0 Å². The van der Waals surface area contributed by atoms with E-state index < -0.39 is 27.9 Å². The first-order valence-corrected chi connectivity index (χ1v) is 8.78. The Labute approximate surface area is 169 Å². The Hall–Kier alpha value is -4.39. The summed E-state index contributed by atoms with van der Waals surface area (Å²) in [6, 6.07) is 11.2. The first-order valence-electron chi connectivity index (χ1n) is 8.78. The van der Waals surface area contributed by atoms with Crippen LogP contribution in [0.2, 0.25) is 0 Å². The maximum Gasteiger partial charge on any atom is 0.300 e. The van der Waals surface area contributed by atoms with Crippen LogP contribution in [0.1, 0.15) is 28.5 Å². The summed E-state index contributed by atoms with van der Waals surface area (Å²) in [5, 5.41) is 36.2. The molecule has 0 radical (unpaired) electrons. The van der Waals surface area contributed by atoms with Crippen LogP contribution in [0, 0.1) is 21.4 Å². The maximum absolute atomic E-state index is 12.9. The predicted octanol–water partition coefficient (Wildman–Crippen LogP) is 2.55. The van der Waals surface area contributed by atoms with E-state index in [2.05, 4.69) is 5.10 Å². The van der Waals surface area contributed by atoms with Gasteiger partial charge in [-0.15, -0.1) is 0 Å². The van der Waals surface area contributed by atoms with Gasteiger partial charge in [-0.1, -0.05) is 0 Å². The lowest BCUT2D eigenvalue weighted by atomic mass is 9.85. The molecular formula is C20H14N4O6. The lowest BCUT2D eigenvalue weighted by molar-refractivity contribution is -0.431. The van der Waals surface area contributed by atoms with E-state index >= 15 is 0 Å². The zero-order valence-corrected chi connectivity index (χ0v) is 15.6. The number of nitro groups is 1. The number of nitrogens with zero attached hydrogens (tertiary/aromatic N) is 4. The van der Waals surface area contributed by atoms with Gasteiger partial charge >= 0.3 is 5.70 Å². The smallest absolute Gasteiger partial charge is 0.300 e. The van der Waals surface area contributed by atoms with Gasteiger partial charge in [-0.25, -0.2) is 0 Å². The summed E-state index contributed by atoms with van der Waals surface area (Å²) in [6.45, 7) is 0. The monoisotopic (exact) mass is 406 g/mol. The number of hydrogen-bond acceptors (Lipinski definition) is 8. The minimum atomic E-state index is -0.965. The Morgan fingerprint density at radius 1 is 1.37 bits per heavy atom. The maximum atomic E-state index is 12.9. The van der Waals surface area contributed by atoms with Crippen molar-refractivity contribution in [3.05, 3.63) is 91.4 Å². The van der Waals surface area contributed by atoms with Crippen molar-refractivity contribution >= 4 is 5.76 Å². The highest BCUT2D eigenvalue weighted by atomic mass is 16.6. The largest absolute Gasteiger partial charge is 0.501 e. The summed E-state index contributed by atoms with van der Waals surface area (Å²) < 4.78 is 11.3. The Kier molecular flexibility index (Phi) is 4.56. The molecule has 0 fully saturated rings. The van der Waals surface area contributed by atoms with Gasteiger partial charge in [0.05, 0.1) is 24.0 Å². The summed E-state index contributed by atoms with van der Waals surface area (Å²) >= 11 is 0. The molecule has 0 bridgehead atoms. The van der Waals surface area contributed by atoms with Crippen LogP contribution in [0.25, 0.3) is 11.4 Å². The highest BCUT2D eigenvalue weighted by Gasteiger charge is 2.41. The molecule has 1 atom stereocenters. The van der Waals surface area contributed by atoms with Crippen LogP contribution in [0.5, 0.6) is 5.75 Å². The second kappa shape index (κ2) is 7.21. The molecule has 1 unspecified atom stereocenters. The first kappa shape index (κ1) is 18.9. The van der Waals surface area contributed by atoms with Gasteiger partial charge in [-0.3, -0.25) is 14.9 Å². The van der Waals surface area contributed by atoms with Crippen LogP contribution < -0.4 is 10.3 Å². The third kappa shape index (κ3) is 2.89. The highest BCUT2D eigenvalue weighted by Crippen LogP contribution is 2.39. The predicted molar refractivity (Wildman–Crippen MR) is 103 cm³/mol. The molecule has 0 saturated heterocycles. The van der Waals surface area contributed by atoms with Crippen molar-refractivity contribution in [3.8, 4) is 17.5 Å². The number of methoxy groups -OCH3 is 1. The number of benzene rings is 1. The normalized spacial score (nSPS) is 15.4. The summed E-state index contributed by atoms with van der Waals surface area (Å²) in [4.78, 5) is 23.9. The van der Waals surface area contributed by atoms with Gasteiger partial charge in [-0.05, 0) is 42.8 Å². The number of aliphatic hydroxyl groups excluding tert-OH is 1. The van der Waals surface area contributed by atoms with Crippen molar-refractivity contribution in [3.63, 3.8) is 0 Å². The van der Waals surface area contributed by atoms with Crippen molar-refractivity contribution in [2.45, 2.75) is 12.3 Å². The molecule has 1 aromatic carbocycles.